The molecule has 4 aliphatic rings. The van der Waals surface area contributed by atoms with Gasteiger partial charge in [0.2, 0.25) is 27.7 Å². The van der Waals surface area contributed by atoms with Crippen molar-refractivity contribution in [3.05, 3.63) is 36.5 Å². The van der Waals surface area contributed by atoms with Crippen molar-refractivity contribution in [2.24, 2.45) is 29.1 Å². The Morgan fingerprint density at radius 3 is 2.47 bits per heavy atom. The lowest BCUT2D eigenvalue weighted by atomic mass is 9.82. The molecule has 13 nitrogen and oxygen atoms in total. The maximum atomic E-state index is 14.9. The van der Waals surface area contributed by atoms with Crippen LogP contribution in [0.3, 0.4) is 0 Å². The Morgan fingerprint density at radius 2 is 1.83 bits per heavy atom. The van der Waals surface area contributed by atoms with Crippen LogP contribution in [0.1, 0.15) is 92.4 Å². The van der Waals surface area contributed by atoms with Crippen LogP contribution in [0.15, 0.2) is 36.5 Å². The number of carbonyl (C=O) groups excluding carboxylic acids is 4. The third-order valence-corrected chi connectivity index (χ3v) is 14.5. The number of ether oxygens (including phenoxy) is 3. The highest BCUT2D eigenvalue weighted by Crippen LogP contribution is 2.58. The average Bonchev–Trinajstić information content (AvgIpc) is 4.05. The van der Waals surface area contributed by atoms with Crippen LogP contribution >= 0.6 is 0 Å². The highest BCUT2D eigenvalue weighted by Gasteiger charge is 2.63. The van der Waals surface area contributed by atoms with Crippen molar-refractivity contribution in [1.82, 2.24) is 14.6 Å². The number of benzene rings is 1. The van der Waals surface area contributed by atoms with Crippen molar-refractivity contribution in [1.29, 1.82) is 0 Å². The summed E-state index contributed by atoms with van der Waals surface area (Å²) in [6.45, 7) is 8.24. The molecule has 1 N–H and O–H groups in total. The number of hydrogen-bond donors (Lipinski definition) is 1. The zero-order valence-electron chi connectivity index (χ0n) is 35.0. The molecule has 0 radical (unpaired) electrons. The molecule has 1 aromatic heterocycles. The number of fused-ring (bicyclic) bond motifs is 3. The van der Waals surface area contributed by atoms with Crippen LogP contribution in [0.5, 0.6) is 11.6 Å². The first kappa shape index (κ1) is 43.3. The molecule has 7 atom stereocenters. The van der Waals surface area contributed by atoms with E-state index in [1.165, 1.54) is 4.90 Å². The fraction of sp³-hybridized carbons (Fsp3) is 0.651. The van der Waals surface area contributed by atoms with E-state index in [1.807, 2.05) is 56.3 Å². The van der Waals surface area contributed by atoms with E-state index in [9.17, 15) is 32.0 Å². The number of allylic oxidation sites excluding steroid dienone is 2. The fourth-order valence-electron chi connectivity index (χ4n) is 8.67. The summed E-state index contributed by atoms with van der Waals surface area (Å²) in [5.74, 6) is -2.67. The highest BCUT2D eigenvalue weighted by atomic mass is 32.2. The second-order valence-electron chi connectivity index (χ2n) is 18.3. The smallest absolute Gasteiger partial charge is 0.307 e. The van der Waals surface area contributed by atoms with Crippen LogP contribution in [0.25, 0.3) is 10.8 Å². The zero-order valence-corrected chi connectivity index (χ0v) is 35.8. The molecule has 1 saturated heterocycles. The molecule has 58 heavy (non-hydrogen) atoms. The quantitative estimate of drug-likeness (QED) is 0.223. The SMILES string of the molecule is COc1cnc(O[C@@H]2C[C@H]3C(=O)C[C@]4(C(=O)NS(=O)(=O)C5(CF)CC5)C[C@H]4/C=C\CC[C@H](C)C[C@@H](C)[C@H](CC(=O)OC(C)(C)C)C(=O)N3C2)c2ccc(N(C)C)cc12. The summed E-state index contributed by atoms with van der Waals surface area (Å²) in [6, 6.07) is 4.72. The van der Waals surface area contributed by atoms with Crippen LogP contribution in [-0.4, -0.2) is 98.8 Å². The minimum atomic E-state index is -4.34. The molecular weight excluding hydrogens is 768 g/mol. The molecule has 6 rings (SSSR count). The monoisotopic (exact) mass is 826 g/mol. The number of esters is 1. The predicted molar refractivity (Wildman–Crippen MR) is 218 cm³/mol. The van der Waals surface area contributed by atoms with Gasteiger partial charge < -0.3 is 24.0 Å². The first-order valence-electron chi connectivity index (χ1n) is 20.4. The number of alkyl halides is 1. The number of methoxy groups -OCH3 is 1. The molecule has 2 aliphatic carbocycles. The zero-order chi connectivity index (χ0) is 42.4. The normalized spacial score (nSPS) is 29.3. The Balaban J connectivity index is 1.36. The molecule has 15 heteroatoms. The van der Waals surface area contributed by atoms with Crippen molar-refractivity contribution < 1.29 is 46.2 Å². The number of halogens is 1. The predicted octanol–water partition coefficient (Wildman–Crippen LogP) is 5.93. The Labute approximate surface area is 341 Å². The Kier molecular flexibility index (Phi) is 12.3. The van der Waals surface area contributed by atoms with Crippen LogP contribution in [0.2, 0.25) is 0 Å². The van der Waals surface area contributed by atoms with E-state index in [0.29, 0.717) is 24.0 Å². The lowest BCUT2D eigenvalue weighted by molar-refractivity contribution is -0.160. The van der Waals surface area contributed by atoms with Crippen LogP contribution < -0.4 is 19.1 Å². The van der Waals surface area contributed by atoms with Gasteiger partial charge in [0.25, 0.3) is 0 Å². The van der Waals surface area contributed by atoms with Gasteiger partial charge in [-0.25, -0.2) is 17.8 Å². The number of anilines is 1. The van der Waals surface area contributed by atoms with Gasteiger partial charge in [0.1, 0.15) is 28.9 Å². The number of Topliss-reactive ketones (excluding diaryl/α,β-unsaturated/α-hetero) is 1. The molecule has 1 aromatic carbocycles. The van der Waals surface area contributed by atoms with Crippen molar-refractivity contribution in [3.8, 4) is 11.6 Å². The molecule has 0 bridgehead atoms. The minimum Gasteiger partial charge on any atom is -0.494 e. The minimum absolute atomic E-state index is 0.00322. The highest BCUT2D eigenvalue weighted by molar-refractivity contribution is 7.91. The summed E-state index contributed by atoms with van der Waals surface area (Å²) in [4.78, 5) is 65.0. The van der Waals surface area contributed by atoms with Gasteiger partial charge in [0, 0.05) is 43.4 Å². The molecule has 2 saturated carbocycles. The van der Waals surface area contributed by atoms with Crippen molar-refractivity contribution in [3.63, 3.8) is 0 Å². The molecule has 318 valence electrons. The number of amides is 2. The number of aromatic nitrogens is 1. The van der Waals surface area contributed by atoms with Gasteiger partial charge in [-0.3, -0.25) is 23.9 Å². The molecule has 0 spiro atoms. The van der Waals surface area contributed by atoms with Gasteiger partial charge in [-0.1, -0.05) is 26.0 Å². The molecule has 3 heterocycles. The van der Waals surface area contributed by atoms with E-state index in [4.69, 9.17) is 14.2 Å². The lowest BCUT2D eigenvalue weighted by Crippen LogP contribution is -2.48. The number of nitrogens with one attached hydrogen (secondary N) is 1. The van der Waals surface area contributed by atoms with E-state index < -0.39 is 80.0 Å². The molecule has 2 aromatic rings. The van der Waals surface area contributed by atoms with Crippen molar-refractivity contribution in [2.75, 3.05) is 39.3 Å². The second-order valence-corrected chi connectivity index (χ2v) is 20.4. The van der Waals surface area contributed by atoms with E-state index in [0.717, 1.165) is 17.5 Å². The maximum absolute atomic E-state index is 14.9. The summed E-state index contributed by atoms with van der Waals surface area (Å²) < 4.78 is 58.8. The lowest BCUT2D eigenvalue weighted by Gasteiger charge is -2.32. The molecule has 2 amide bonds. The van der Waals surface area contributed by atoms with E-state index in [-0.39, 0.29) is 62.8 Å². The number of pyridine rings is 1. The summed E-state index contributed by atoms with van der Waals surface area (Å²) in [7, 11) is 1.07. The fourth-order valence-corrected chi connectivity index (χ4v) is 10.1. The van der Waals surface area contributed by atoms with Gasteiger partial charge in [-0.05, 0) is 95.2 Å². The van der Waals surface area contributed by atoms with Crippen molar-refractivity contribution >= 4 is 50.1 Å². The first-order chi connectivity index (χ1) is 27.2. The number of sulfonamides is 1. The summed E-state index contributed by atoms with van der Waals surface area (Å²) in [6.07, 6.45) is 6.77. The largest absolute Gasteiger partial charge is 0.494 e. The number of ketones is 1. The standard InChI is InChI=1S/C43H59FN4O9S/c1-26-11-9-10-12-28-21-43(28,40(52)46-58(53,54)42(25-44)15-16-42)22-35(49)34-19-30(24-48(34)39(51)32(27(2)17-26)20-37(50)57-41(3,4)5)56-38-31-14-13-29(47(6)7)18-33(31)36(55-8)23-45-38/h10,12-14,18,23,26-28,30,32,34H,9,11,15-17,19-22,24-25H2,1-8H3,(H,46,52)/b12-10-/t26-,27+,28+,30+,32-,34-,43+/m0/s1. The van der Waals surface area contributed by atoms with Gasteiger partial charge in [-0.15, -0.1) is 0 Å². The van der Waals surface area contributed by atoms with E-state index in [2.05, 4.69) is 16.6 Å². The third kappa shape index (κ3) is 8.98. The van der Waals surface area contributed by atoms with E-state index in [1.54, 1.807) is 34.1 Å². The number of rotatable bonds is 10. The number of nitrogens with zero attached hydrogens (tertiary/aromatic N) is 3. The van der Waals surface area contributed by atoms with Crippen LogP contribution in [0.4, 0.5) is 10.1 Å². The summed E-state index contributed by atoms with van der Waals surface area (Å²) in [5, 5.41) is 1.43. The van der Waals surface area contributed by atoms with Gasteiger partial charge >= 0.3 is 5.97 Å². The second kappa shape index (κ2) is 16.4. The van der Waals surface area contributed by atoms with Gasteiger partial charge in [-0.2, -0.15) is 0 Å². The molecular formula is C43H59FN4O9S. The van der Waals surface area contributed by atoms with Crippen LogP contribution in [-0.2, 0) is 33.9 Å². The number of hydrogen-bond acceptors (Lipinski definition) is 11. The average molecular weight is 827 g/mol. The van der Waals surface area contributed by atoms with E-state index >= 15 is 0 Å². The van der Waals surface area contributed by atoms with Gasteiger partial charge in [0.15, 0.2) is 5.78 Å². The number of carbonyl (C=O) groups is 4. The summed E-state index contributed by atoms with van der Waals surface area (Å²) >= 11 is 0. The Bertz CT molecular complexity index is 2060. The third-order valence-electron chi connectivity index (χ3n) is 12.4. The Morgan fingerprint density at radius 1 is 1.10 bits per heavy atom. The first-order valence-corrected chi connectivity index (χ1v) is 21.9. The molecule has 2 aliphatic heterocycles. The van der Waals surface area contributed by atoms with Gasteiger partial charge in [0.05, 0.1) is 43.6 Å². The molecule has 3 fully saturated rings. The van der Waals surface area contributed by atoms with Crippen molar-refractivity contribution in [2.45, 2.75) is 115 Å². The Hall–Kier alpha value is -4.27. The topological polar surface area (TPSA) is 162 Å². The van der Waals surface area contributed by atoms with Crippen LogP contribution in [0, 0.1) is 29.1 Å². The molecule has 0 unspecified atom stereocenters. The maximum Gasteiger partial charge on any atom is 0.307 e. The summed E-state index contributed by atoms with van der Waals surface area (Å²) in [5.41, 5.74) is -1.24.